The number of ether oxygens (including phenoxy) is 1. The zero-order valence-corrected chi connectivity index (χ0v) is 14.3. The van der Waals surface area contributed by atoms with Gasteiger partial charge in [-0.3, -0.25) is 4.79 Å². The molecule has 0 bridgehead atoms. The maximum Gasteiger partial charge on any atom is 0.166 e. The van der Waals surface area contributed by atoms with Crippen LogP contribution in [0, 0.1) is 0 Å². The first-order chi connectivity index (χ1) is 11.8. The van der Waals surface area contributed by atoms with E-state index in [1.807, 2.05) is 13.8 Å². The van der Waals surface area contributed by atoms with Crippen molar-refractivity contribution < 1.29 is 24.9 Å². The van der Waals surface area contributed by atoms with Gasteiger partial charge < -0.3 is 20.1 Å². The van der Waals surface area contributed by atoms with Gasteiger partial charge in [0, 0.05) is 18.9 Å². The van der Waals surface area contributed by atoms with Crippen LogP contribution in [0.1, 0.15) is 41.8 Å². The van der Waals surface area contributed by atoms with Gasteiger partial charge >= 0.3 is 0 Å². The van der Waals surface area contributed by atoms with E-state index in [2.05, 4.69) is 0 Å². The molecule has 1 saturated heterocycles. The molecular formula is C20H22O5. The molecule has 0 aromatic heterocycles. The van der Waals surface area contributed by atoms with E-state index in [9.17, 15) is 20.1 Å². The van der Waals surface area contributed by atoms with Crippen molar-refractivity contribution in [2.24, 2.45) is 0 Å². The Morgan fingerprint density at radius 1 is 1.08 bits per heavy atom. The Morgan fingerprint density at radius 3 is 2.32 bits per heavy atom. The maximum absolute atomic E-state index is 12.5. The van der Waals surface area contributed by atoms with Gasteiger partial charge in [0.05, 0.1) is 17.3 Å². The predicted octanol–water partition coefficient (Wildman–Crippen LogP) is 3.34. The Balaban J connectivity index is 1.71. The summed E-state index contributed by atoms with van der Waals surface area (Å²) in [7, 11) is 0. The number of aryl methyl sites for hydroxylation is 1. The second kappa shape index (κ2) is 6.41. The smallest absolute Gasteiger partial charge is 0.166 e. The molecule has 25 heavy (non-hydrogen) atoms. The van der Waals surface area contributed by atoms with E-state index < -0.39 is 0 Å². The lowest BCUT2D eigenvalue weighted by molar-refractivity contribution is 0.0980. The van der Waals surface area contributed by atoms with Gasteiger partial charge in [-0.1, -0.05) is 12.1 Å². The summed E-state index contributed by atoms with van der Waals surface area (Å²) >= 11 is 0. The van der Waals surface area contributed by atoms with Crippen molar-refractivity contribution >= 4 is 5.78 Å². The lowest BCUT2D eigenvalue weighted by Gasteiger charge is -2.09. The van der Waals surface area contributed by atoms with E-state index in [-0.39, 0.29) is 46.7 Å². The van der Waals surface area contributed by atoms with Gasteiger partial charge in [-0.2, -0.15) is 0 Å². The molecule has 0 aliphatic carbocycles. The summed E-state index contributed by atoms with van der Waals surface area (Å²) < 4.78 is 5.53. The molecule has 0 spiro atoms. The van der Waals surface area contributed by atoms with Crippen LogP contribution in [0.25, 0.3) is 0 Å². The largest absolute Gasteiger partial charge is 0.508 e. The summed E-state index contributed by atoms with van der Waals surface area (Å²) in [5, 5.41) is 29.3. The van der Waals surface area contributed by atoms with E-state index in [1.54, 1.807) is 30.3 Å². The zero-order valence-electron chi connectivity index (χ0n) is 14.3. The molecule has 3 rings (SSSR count). The molecule has 0 saturated carbocycles. The van der Waals surface area contributed by atoms with Crippen molar-refractivity contribution in [3.8, 4) is 17.2 Å². The van der Waals surface area contributed by atoms with E-state index in [4.69, 9.17) is 4.74 Å². The first-order valence-corrected chi connectivity index (χ1v) is 8.30. The quantitative estimate of drug-likeness (QED) is 0.553. The van der Waals surface area contributed by atoms with Crippen molar-refractivity contribution in [2.45, 2.75) is 44.8 Å². The predicted molar refractivity (Wildman–Crippen MR) is 93.2 cm³/mol. The molecule has 5 nitrogen and oxygen atoms in total. The second-order valence-electron chi connectivity index (χ2n) is 7.00. The highest BCUT2D eigenvalue weighted by Gasteiger charge is 2.47. The van der Waals surface area contributed by atoms with Crippen molar-refractivity contribution in [3.63, 3.8) is 0 Å². The molecule has 132 valence electrons. The maximum atomic E-state index is 12.5. The highest BCUT2D eigenvalue weighted by molar-refractivity contribution is 5.99. The minimum atomic E-state index is -0.215. The average Bonchev–Trinajstić information content (AvgIpc) is 3.15. The van der Waals surface area contributed by atoms with E-state index in [0.29, 0.717) is 18.4 Å². The van der Waals surface area contributed by atoms with E-state index in [0.717, 1.165) is 5.56 Å². The number of aromatic hydroxyl groups is 3. The Hall–Kier alpha value is -2.53. The first-order valence-electron chi connectivity index (χ1n) is 8.30. The number of hydrogen-bond acceptors (Lipinski definition) is 5. The van der Waals surface area contributed by atoms with E-state index in [1.165, 1.54) is 6.07 Å². The topological polar surface area (TPSA) is 90.3 Å². The zero-order chi connectivity index (χ0) is 18.2. The summed E-state index contributed by atoms with van der Waals surface area (Å²) in [6, 6.07) is 9.45. The van der Waals surface area contributed by atoms with Crippen LogP contribution in [0.15, 0.2) is 36.4 Å². The Labute approximate surface area is 146 Å². The van der Waals surface area contributed by atoms with Crippen molar-refractivity contribution in [1.82, 2.24) is 0 Å². The van der Waals surface area contributed by atoms with E-state index >= 15 is 0 Å². The molecule has 2 aromatic rings. The number of carbonyl (C=O) groups excluding carboxylic acids is 1. The molecule has 0 unspecified atom stereocenters. The molecular weight excluding hydrogens is 320 g/mol. The van der Waals surface area contributed by atoms with Crippen LogP contribution in [-0.2, 0) is 17.6 Å². The number of phenolic OH excluding ortho intramolecular Hbond substituents is 3. The molecule has 0 amide bonds. The summed E-state index contributed by atoms with van der Waals surface area (Å²) in [6.07, 6.45) is 1.24. The number of benzene rings is 2. The third-order valence-electron chi connectivity index (χ3n) is 4.64. The molecule has 0 radical (unpaired) electrons. The summed E-state index contributed by atoms with van der Waals surface area (Å²) in [6.45, 7) is 3.94. The first kappa shape index (κ1) is 17.3. The number of carbonyl (C=O) groups is 1. The van der Waals surface area contributed by atoms with Crippen molar-refractivity contribution in [3.05, 3.63) is 53.1 Å². The lowest BCUT2D eigenvalue weighted by atomic mass is 9.96. The van der Waals surface area contributed by atoms with Gasteiger partial charge in [0.25, 0.3) is 0 Å². The SMILES string of the molecule is CC1(C)O[C@@H]1Cc1cc(C(=O)CCc2ccc(O)cc2)c(O)cc1O. The second-order valence-corrected chi connectivity index (χ2v) is 7.00. The highest BCUT2D eigenvalue weighted by Crippen LogP contribution is 2.40. The van der Waals surface area contributed by atoms with Crippen LogP contribution < -0.4 is 0 Å². The van der Waals surface area contributed by atoms with Gasteiger partial charge in [0.2, 0.25) is 0 Å². The number of ketones is 1. The van der Waals surface area contributed by atoms with Crippen LogP contribution in [0.2, 0.25) is 0 Å². The minimum absolute atomic E-state index is 0.00268. The van der Waals surface area contributed by atoms with Gasteiger partial charge in [-0.05, 0) is 49.6 Å². The monoisotopic (exact) mass is 342 g/mol. The van der Waals surface area contributed by atoms with Crippen LogP contribution in [0.3, 0.4) is 0 Å². The van der Waals surface area contributed by atoms with Crippen LogP contribution in [0.4, 0.5) is 0 Å². The fourth-order valence-electron chi connectivity index (χ4n) is 2.88. The van der Waals surface area contributed by atoms with Crippen LogP contribution >= 0.6 is 0 Å². The molecule has 3 N–H and O–H groups in total. The molecule has 1 atom stereocenters. The van der Waals surface area contributed by atoms with Gasteiger partial charge in [0.1, 0.15) is 17.2 Å². The number of epoxide rings is 1. The normalized spacial score (nSPS) is 18.1. The summed E-state index contributed by atoms with van der Waals surface area (Å²) in [5.41, 5.74) is 1.53. The standard InChI is InChI=1S/C20H22O5/c1-20(2)19(25-20)10-13-9-15(18(24)11-17(13)23)16(22)8-5-12-3-6-14(21)7-4-12/h3-4,6-7,9,11,19,21,23-24H,5,8,10H2,1-2H3/t19-/m1/s1. The minimum Gasteiger partial charge on any atom is -0.508 e. The fourth-order valence-corrected chi connectivity index (χ4v) is 2.88. The Kier molecular flexibility index (Phi) is 4.43. The van der Waals surface area contributed by atoms with Crippen molar-refractivity contribution in [2.75, 3.05) is 0 Å². The molecule has 1 fully saturated rings. The molecule has 1 aliphatic heterocycles. The molecule has 2 aromatic carbocycles. The lowest BCUT2D eigenvalue weighted by Crippen LogP contribution is -2.08. The molecule has 1 aliphatic rings. The molecule has 1 heterocycles. The van der Waals surface area contributed by atoms with Gasteiger partial charge in [0.15, 0.2) is 5.78 Å². The Bertz CT molecular complexity index is 792. The van der Waals surface area contributed by atoms with Crippen molar-refractivity contribution in [1.29, 1.82) is 0 Å². The summed E-state index contributed by atoms with van der Waals surface area (Å²) in [4.78, 5) is 12.5. The Morgan fingerprint density at radius 2 is 1.72 bits per heavy atom. The number of phenols is 3. The van der Waals surface area contributed by atoms with Crippen LogP contribution in [-0.4, -0.2) is 32.8 Å². The van der Waals surface area contributed by atoms with Crippen LogP contribution in [0.5, 0.6) is 17.2 Å². The highest BCUT2D eigenvalue weighted by atomic mass is 16.6. The number of rotatable bonds is 6. The number of Topliss-reactive ketones (excluding diaryl/α,β-unsaturated/α-hetero) is 1. The third kappa shape index (κ3) is 3.94. The van der Waals surface area contributed by atoms with Gasteiger partial charge in [-0.25, -0.2) is 0 Å². The fraction of sp³-hybridized carbons (Fsp3) is 0.350. The average molecular weight is 342 g/mol. The molecule has 5 heteroatoms. The van der Waals surface area contributed by atoms with Gasteiger partial charge in [-0.15, -0.1) is 0 Å². The third-order valence-corrected chi connectivity index (χ3v) is 4.64. The summed E-state index contributed by atoms with van der Waals surface area (Å²) in [5.74, 6) is -0.254. The number of hydrogen-bond donors (Lipinski definition) is 3.